The predicted octanol–water partition coefficient (Wildman–Crippen LogP) is 7.29. The molecule has 0 bridgehead atoms. The summed E-state index contributed by atoms with van der Waals surface area (Å²) in [7, 11) is 0. The lowest BCUT2D eigenvalue weighted by Gasteiger charge is -2.32. The third kappa shape index (κ3) is 9.26. The maximum atomic E-state index is 13.7. The Kier molecular flexibility index (Phi) is 11.7. The lowest BCUT2D eigenvalue weighted by Crippen LogP contribution is -2.51. The number of benzene rings is 3. The van der Waals surface area contributed by atoms with Crippen LogP contribution in [0.15, 0.2) is 72.8 Å². The van der Waals surface area contributed by atoms with Gasteiger partial charge in [0.2, 0.25) is 11.8 Å². The first-order valence-corrected chi connectivity index (χ1v) is 14.4. The fourth-order valence-corrected chi connectivity index (χ4v) is 5.38. The van der Waals surface area contributed by atoms with E-state index >= 15 is 0 Å². The Morgan fingerprint density at radius 2 is 1.54 bits per heavy atom. The molecule has 0 aromatic heterocycles. The first-order valence-electron chi connectivity index (χ1n) is 12.1. The number of nitrogens with one attached hydrogen (secondary N) is 1. The molecule has 196 valence electrons. The predicted molar refractivity (Wildman–Crippen MR) is 156 cm³/mol. The van der Waals surface area contributed by atoms with Crippen molar-refractivity contribution in [1.29, 1.82) is 0 Å². The highest BCUT2D eigenvalue weighted by Gasteiger charge is 2.31. The molecule has 3 aromatic carbocycles. The van der Waals surface area contributed by atoms with Crippen LogP contribution in [0, 0.1) is 5.92 Å². The van der Waals surface area contributed by atoms with Crippen LogP contribution in [0.3, 0.4) is 0 Å². The zero-order chi connectivity index (χ0) is 26.8. The summed E-state index contributed by atoms with van der Waals surface area (Å²) in [6.45, 7) is 4.71. The lowest BCUT2D eigenvalue weighted by molar-refractivity contribution is -0.139. The second kappa shape index (κ2) is 14.7. The highest BCUT2D eigenvalue weighted by Crippen LogP contribution is 2.28. The normalized spacial score (nSPS) is 11.8. The van der Waals surface area contributed by atoms with Crippen LogP contribution >= 0.6 is 46.6 Å². The maximum absolute atomic E-state index is 13.7. The van der Waals surface area contributed by atoms with E-state index in [0.717, 1.165) is 11.1 Å². The van der Waals surface area contributed by atoms with Gasteiger partial charge in [-0.2, -0.15) is 0 Å². The Bertz CT molecular complexity index is 1170. The van der Waals surface area contributed by atoms with Crippen molar-refractivity contribution < 1.29 is 9.59 Å². The summed E-state index contributed by atoms with van der Waals surface area (Å²) in [4.78, 5) is 28.8. The van der Waals surface area contributed by atoms with E-state index in [1.165, 1.54) is 11.8 Å². The Balaban J connectivity index is 1.89. The summed E-state index contributed by atoms with van der Waals surface area (Å²) in [5.41, 5.74) is 2.61. The zero-order valence-corrected chi connectivity index (χ0v) is 24.0. The third-order valence-electron chi connectivity index (χ3n) is 5.73. The van der Waals surface area contributed by atoms with Crippen molar-refractivity contribution in [3.05, 3.63) is 105 Å². The number of nitrogens with zero attached hydrogens (tertiary/aromatic N) is 1. The van der Waals surface area contributed by atoms with E-state index in [4.69, 9.17) is 34.8 Å². The van der Waals surface area contributed by atoms with E-state index in [-0.39, 0.29) is 30.0 Å². The minimum atomic E-state index is -0.729. The molecule has 0 aliphatic rings. The molecule has 2 amide bonds. The second-order valence-corrected chi connectivity index (χ2v) is 11.4. The Morgan fingerprint density at radius 3 is 2.19 bits per heavy atom. The van der Waals surface area contributed by atoms with Crippen molar-refractivity contribution in [3.8, 4) is 0 Å². The summed E-state index contributed by atoms with van der Waals surface area (Å²) in [6, 6.07) is 21.8. The number of carbonyl (C=O) groups excluding carboxylic acids is 2. The minimum absolute atomic E-state index is 0.127. The molecule has 4 nitrogen and oxygen atoms in total. The van der Waals surface area contributed by atoms with Gasteiger partial charge in [0, 0.05) is 45.9 Å². The molecule has 1 unspecified atom stereocenters. The smallest absolute Gasteiger partial charge is 0.243 e. The first kappa shape index (κ1) is 29.4. The van der Waals surface area contributed by atoms with Gasteiger partial charge in [0.15, 0.2) is 0 Å². The van der Waals surface area contributed by atoms with Crippen LogP contribution < -0.4 is 5.32 Å². The summed E-state index contributed by atoms with van der Waals surface area (Å²) < 4.78 is 0. The van der Waals surface area contributed by atoms with Crippen LogP contribution in [-0.4, -0.2) is 35.1 Å². The van der Waals surface area contributed by atoms with Gasteiger partial charge in [0.1, 0.15) is 6.04 Å². The van der Waals surface area contributed by atoms with E-state index in [1.807, 2.05) is 68.4 Å². The van der Waals surface area contributed by atoms with Gasteiger partial charge in [0.05, 0.1) is 5.75 Å². The van der Waals surface area contributed by atoms with Gasteiger partial charge >= 0.3 is 0 Å². The first-order chi connectivity index (χ1) is 17.7. The highest BCUT2D eigenvalue weighted by molar-refractivity contribution is 7.99. The van der Waals surface area contributed by atoms with E-state index < -0.39 is 6.04 Å². The number of halogens is 3. The van der Waals surface area contributed by atoms with E-state index in [1.54, 1.807) is 23.1 Å². The Hall–Kier alpha value is -2.18. The second-order valence-electron chi connectivity index (χ2n) is 9.19. The summed E-state index contributed by atoms with van der Waals surface area (Å²) in [5, 5.41) is 4.59. The molecule has 3 aromatic rings. The Labute approximate surface area is 238 Å². The molecule has 0 saturated carbocycles. The molecule has 0 aliphatic heterocycles. The number of amides is 2. The average Bonchev–Trinajstić information content (AvgIpc) is 2.86. The fourth-order valence-electron chi connectivity index (χ4n) is 3.80. The third-order valence-corrected chi connectivity index (χ3v) is 7.66. The number of hydrogen-bond acceptors (Lipinski definition) is 3. The van der Waals surface area contributed by atoms with Gasteiger partial charge in [-0.25, -0.2) is 0 Å². The molecule has 3 rings (SSSR count). The summed E-state index contributed by atoms with van der Waals surface area (Å²) in [5.74, 6) is 0.724. The van der Waals surface area contributed by atoms with Gasteiger partial charge < -0.3 is 10.2 Å². The molecule has 1 N–H and O–H groups in total. The lowest BCUT2D eigenvalue weighted by atomic mass is 10.0. The van der Waals surface area contributed by atoms with Gasteiger partial charge in [0.25, 0.3) is 0 Å². The molecular weight excluding hydrogens is 547 g/mol. The van der Waals surface area contributed by atoms with Crippen molar-refractivity contribution in [3.63, 3.8) is 0 Å². The average molecular weight is 578 g/mol. The molecule has 37 heavy (non-hydrogen) atoms. The summed E-state index contributed by atoms with van der Waals surface area (Å²) >= 11 is 20.6. The van der Waals surface area contributed by atoms with Crippen molar-refractivity contribution in [1.82, 2.24) is 10.2 Å². The SMILES string of the molecule is CC(C)CNC(=O)C(Cc1ccccc1)N(Cc1c(Cl)cccc1Cl)C(=O)CSCc1cccc(Cl)c1. The molecule has 0 spiro atoms. The summed E-state index contributed by atoms with van der Waals surface area (Å²) in [6.07, 6.45) is 0.373. The number of carbonyl (C=O) groups is 2. The van der Waals surface area contributed by atoms with Crippen LogP contribution in [0.2, 0.25) is 15.1 Å². The molecule has 0 fully saturated rings. The van der Waals surface area contributed by atoms with E-state index in [9.17, 15) is 9.59 Å². The topological polar surface area (TPSA) is 49.4 Å². The van der Waals surface area contributed by atoms with E-state index in [2.05, 4.69) is 5.32 Å². The molecule has 8 heteroatoms. The molecular formula is C29H31Cl3N2O2S. The molecule has 1 atom stereocenters. The van der Waals surface area contributed by atoms with Crippen molar-refractivity contribution in [2.75, 3.05) is 12.3 Å². The molecule has 0 heterocycles. The monoisotopic (exact) mass is 576 g/mol. The quantitative estimate of drug-likeness (QED) is 0.246. The fraction of sp³-hybridized carbons (Fsp3) is 0.310. The van der Waals surface area contributed by atoms with Gasteiger partial charge in [-0.3, -0.25) is 9.59 Å². The largest absolute Gasteiger partial charge is 0.354 e. The molecule has 0 radical (unpaired) electrons. The van der Waals surface area contributed by atoms with Crippen molar-refractivity contribution in [2.24, 2.45) is 5.92 Å². The zero-order valence-electron chi connectivity index (χ0n) is 20.9. The van der Waals surface area contributed by atoms with Crippen LogP contribution in [-0.2, 0) is 28.3 Å². The molecule has 0 aliphatic carbocycles. The van der Waals surface area contributed by atoms with Crippen LogP contribution in [0.5, 0.6) is 0 Å². The van der Waals surface area contributed by atoms with Crippen LogP contribution in [0.4, 0.5) is 0 Å². The number of rotatable bonds is 12. The standard InChI is InChI=1S/C29H31Cl3N2O2S/c1-20(2)16-33-29(36)27(15-21-8-4-3-5-9-21)34(17-24-25(31)12-7-13-26(24)32)28(35)19-37-18-22-10-6-11-23(30)14-22/h3-14,20,27H,15-19H2,1-2H3,(H,33,36). The molecule has 0 saturated heterocycles. The van der Waals surface area contributed by atoms with Gasteiger partial charge in [-0.1, -0.05) is 97.2 Å². The number of thioether (sulfide) groups is 1. The van der Waals surface area contributed by atoms with E-state index in [0.29, 0.717) is 39.3 Å². The van der Waals surface area contributed by atoms with Crippen LogP contribution in [0.25, 0.3) is 0 Å². The number of hydrogen-bond donors (Lipinski definition) is 1. The van der Waals surface area contributed by atoms with Gasteiger partial charge in [-0.05, 0) is 41.3 Å². The minimum Gasteiger partial charge on any atom is -0.354 e. The van der Waals surface area contributed by atoms with Crippen molar-refractivity contribution in [2.45, 2.75) is 38.6 Å². The maximum Gasteiger partial charge on any atom is 0.243 e. The van der Waals surface area contributed by atoms with Gasteiger partial charge in [-0.15, -0.1) is 11.8 Å². The highest BCUT2D eigenvalue weighted by atomic mass is 35.5. The van der Waals surface area contributed by atoms with Crippen molar-refractivity contribution >= 4 is 58.4 Å². The van der Waals surface area contributed by atoms with Crippen LogP contribution in [0.1, 0.15) is 30.5 Å². The Morgan fingerprint density at radius 1 is 0.892 bits per heavy atom.